The summed E-state index contributed by atoms with van der Waals surface area (Å²) in [5, 5.41) is 1.50. The van der Waals surface area contributed by atoms with Crippen LogP contribution < -0.4 is 4.90 Å². The minimum absolute atomic E-state index is 0.325. The Morgan fingerprint density at radius 2 is 2.00 bits per heavy atom. The third-order valence-electron chi connectivity index (χ3n) is 1.86. The fraction of sp³-hybridized carbons (Fsp3) is 0.222. The van der Waals surface area contributed by atoms with Crippen LogP contribution in [0.15, 0.2) is 30.3 Å². The SMILES string of the molecule is CN1CN(c2ccccc2)C(=O)O1. The van der Waals surface area contributed by atoms with E-state index < -0.39 is 0 Å². The molecule has 0 atom stereocenters. The molecule has 1 fully saturated rings. The highest BCUT2D eigenvalue weighted by atomic mass is 16.7. The predicted molar refractivity (Wildman–Crippen MR) is 48.0 cm³/mol. The highest BCUT2D eigenvalue weighted by Gasteiger charge is 2.27. The number of anilines is 1. The van der Waals surface area contributed by atoms with Crippen LogP contribution in [-0.4, -0.2) is 24.9 Å². The summed E-state index contributed by atoms with van der Waals surface area (Å²) in [7, 11) is 1.72. The van der Waals surface area contributed by atoms with E-state index in [9.17, 15) is 4.79 Å². The smallest absolute Gasteiger partial charge is 0.349 e. The quantitative estimate of drug-likeness (QED) is 0.652. The minimum Gasteiger partial charge on any atom is -0.349 e. The van der Waals surface area contributed by atoms with Gasteiger partial charge in [0.1, 0.15) is 6.67 Å². The second kappa shape index (κ2) is 3.06. The number of hydrogen-bond donors (Lipinski definition) is 0. The van der Waals surface area contributed by atoms with Gasteiger partial charge in [0, 0.05) is 12.7 Å². The maximum Gasteiger partial charge on any atom is 0.434 e. The lowest BCUT2D eigenvalue weighted by Gasteiger charge is -2.10. The Morgan fingerprint density at radius 1 is 1.31 bits per heavy atom. The van der Waals surface area contributed by atoms with Crippen LogP contribution in [0.5, 0.6) is 0 Å². The lowest BCUT2D eigenvalue weighted by molar-refractivity contribution is -0.0362. The molecule has 0 N–H and O–H groups in total. The molecule has 0 unspecified atom stereocenters. The summed E-state index contributed by atoms with van der Waals surface area (Å²) in [6.07, 6.45) is -0.325. The Hall–Kier alpha value is -1.55. The normalized spacial score (nSPS) is 17.6. The molecule has 68 valence electrons. The molecule has 0 spiro atoms. The van der Waals surface area contributed by atoms with Crippen molar-refractivity contribution in [2.45, 2.75) is 0 Å². The molecule has 0 bridgehead atoms. The first-order chi connectivity index (χ1) is 6.27. The van der Waals surface area contributed by atoms with Crippen LogP contribution in [0.1, 0.15) is 0 Å². The number of para-hydroxylation sites is 1. The largest absolute Gasteiger partial charge is 0.434 e. The van der Waals surface area contributed by atoms with E-state index in [4.69, 9.17) is 4.84 Å². The molecule has 1 heterocycles. The van der Waals surface area contributed by atoms with Crippen LogP contribution in [-0.2, 0) is 4.84 Å². The van der Waals surface area contributed by atoms with E-state index in [0.29, 0.717) is 6.67 Å². The molecule has 0 aliphatic carbocycles. The number of hydroxylamine groups is 2. The number of benzene rings is 1. The number of carbonyl (C=O) groups excluding carboxylic acids is 1. The van der Waals surface area contributed by atoms with Crippen LogP contribution in [0, 0.1) is 0 Å². The molecule has 2 rings (SSSR count). The van der Waals surface area contributed by atoms with Gasteiger partial charge in [0.15, 0.2) is 0 Å². The maximum atomic E-state index is 11.2. The molecule has 1 amide bonds. The van der Waals surface area contributed by atoms with E-state index in [2.05, 4.69) is 0 Å². The van der Waals surface area contributed by atoms with Crippen molar-refractivity contribution >= 4 is 11.8 Å². The van der Waals surface area contributed by atoms with E-state index >= 15 is 0 Å². The molecule has 0 radical (unpaired) electrons. The zero-order chi connectivity index (χ0) is 9.26. The minimum atomic E-state index is -0.325. The van der Waals surface area contributed by atoms with Crippen LogP contribution in [0.2, 0.25) is 0 Å². The monoisotopic (exact) mass is 178 g/mol. The van der Waals surface area contributed by atoms with Gasteiger partial charge in [-0.05, 0) is 12.1 Å². The van der Waals surface area contributed by atoms with Crippen LogP contribution in [0.3, 0.4) is 0 Å². The molecule has 1 aromatic carbocycles. The average molecular weight is 178 g/mol. The van der Waals surface area contributed by atoms with Crippen molar-refractivity contribution in [3.05, 3.63) is 30.3 Å². The van der Waals surface area contributed by atoms with Crippen molar-refractivity contribution in [1.82, 2.24) is 5.06 Å². The van der Waals surface area contributed by atoms with Crippen molar-refractivity contribution in [1.29, 1.82) is 0 Å². The summed E-state index contributed by atoms with van der Waals surface area (Å²) in [6.45, 7) is 0.475. The van der Waals surface area contributed by atoms with Crippen molar-refractivity contribution in [2.24, 2.45) is 0 Å². The average Bonchev–Trinajstić information content (AvgIpc) is 2.47. The fourth-order valence-corrected chi connectivity index (χ4v) is 1.26. The Balaban J connectivity index is 2.23. The molecule has 1 aromatic rings. The summed E-state index contributed by atoms with van der Waals surface area (Å²) in [6, 6.07) is 9.44. The fourth-order valence-electron chi connectivity index (χ4n) is 1.26. The van der Waals surface area contributed by atoms with Crippen LogP contribution >= 0.6 is 0 Å². The van der Waals surface area contributed by atoms with Crippen LogP contribution in [0.4, 0.5) is 10.5 Å². The molecule has 0 aromatic heterocycles. The first kappa shape index (κ1) is 8.07. The number of carbonyl (C=O) groups is 1. The Labute approximate surface area is 76.3 Å². The van der Waals surface area contributed by atoms with Gasteiger partial charge in [-0.25, -0.2) is 4.79 Å². The van der Waals surface area contributed by atoms with Crippen molar-refractivity contribution < 1.29 is 9.63 Å². The molecule has 1 aliphatic heterocycles. The highest BCUT2D eigenvalue weighted by Crippen LogP contribution is 2.18. The first-order valence-electron chi connectivity index (χ1n) is 4.03. The van der Waals surface area contributed by atoms with Crippen molar-refractivity contribution in [2.75, 3.05) is 18.6 Å². The van der Waals surface area contributed by atoms with Crippen molar-refractivity contribution in [3.63, 3.8) is 0 Å². The lowest BCUT2D eigenvalue weighted by Crippen LogP contribution is -2.24. The van der Waals surface area contributed by atoms with Crippen molar-refractivity contribution in [3.8, 4) is 0 Å². The zero-order valence-corrected chi connectivity index (χ0v) is 7.30. The summed E-state index contributed by atoms with van der Waals surface area (Å²) >= 11 is 0. The van der Waals surface area contributed by atoms with E-state index in [1.54, 1.807) is 11.9 Å². The topological polar surface area (TPSA) is 32.8 Å². The second-order valence-corrected chi connectivity index (χ2v) is 2.89. The third-order valence-corrected chi connectivity index (χ3v) is 1.86. The van der Waals surface area contributed by atoms with E-state index in [-0.39, 0.29) is 6.09 Å². The molecule has 1 aliphatic rings. The third kappa shape index (κ3) is 1.48. The molecule has 4 heteroatoms. The Morgan fingerprint density at radius 3 is 2.54 bits per heavy atom. The number of amides is 1. The Bertz CT molecular complexity index is 313. The summed E-state index contributed by atoms with van der Waals surface area (Å²) in [4.78, 5) is 17.7. The predicted octanol–water partition coefficient (Wildman–Crippen LogP) is 1.45. The van der Waals surface area contributed by atoms with Gasteiger partial charge >= 0.3 is 6.09 Å². The zero-order valence-electron chi connectivity index (χ0n) is 7.30. The first-order valence-corrected chi connectivity index (χ1v) is 4.03. The molecular weight excluding hydrogens is 168 g/mol. The van der Waals surface area contributed by atoms with E-state index in [1.807, 2.05) is 30.3 Å². The molecule has 1 saturated heterocycles. The molecule has 13 heavy (non-hydrogen) atoms. The summed E-state index contributed by atoms with van der Waals surface area (Å²) in [5.74, 6) is 0. The second-order valence-electron chi connectivity index (χ2n) is 2.89. The summed E-state index contributed by atoms with van der Waals surface area (Å²) in [5.41, 5.74) is 0.858. The number of nitrogens with zero attached hydrogens (tertiary/aromatic N) is 2. The van der Waals surface area contributed by atoms with Gasteiger partial charge in [0.2, 0.25) is 0 Å². The van der Waals surface area contributed by atoms with Gasteiger partial charge in [-0.15, -0.1) is 5.06 Å². The standard InChI is InChI=1S/C9H10N2O2/c1-10-7-11(9(12)13-10)8-5-3-2-4-6-8/h2-6H,7H2,1H3. The van der Waals surface area contributed by atoms with Gasteiger partial charge in [-0.2, -0.15) is 0 Å². The van der Waals surface area contributed by atoms with Gasteiger partial charge in [0.25, 0.3) is 0 Å². The highest BCUT2D eigenvalue weighted by molar-refractivity contribution is 5.88. The van der Waals surface area contributed by atoms with E-state index in [0.717, 1.165) is 5.69 Å². The van der Waals surface area contributed by atoms with Gasteiger partial charge in [-0.1, -0.05) is 18.2 Å². The number of rotatable bonds is 1. The maximum absolute atomic E-state index is 11.2. The van der Waals surface area contributed by atoms with Gasteiger partial charge in [-0.3, -0.25) is 4.90 Å². The summed E-state index contributed by atoms with van der Waals surface area (Å²) < 4.78 is 0. The lowest BCUT2D eigenvalue weighted by atomic mass is 10.3. The molecule has 4 nitrogen and oxygen atoms in total. The van der Waals surface area contributed by atoms with E-state index in [1.165, 1.54) is 5.06 Å². The van der Waals surface area contributed by atoms with Crippen LogP contribution in [0.25, 0.3) is 0 Å². The molecular formula is C9H10N2O2. The van der Waals surface area contributed by atoms with Gasteiger partial charge < -0.3 is 4.84 Å². The van der Waals surface area contributed by atoms with Gasteiger partial charge in [0.05, 0.1) is 0 Å². The number of hydrogen-bond acceptors (Lipinski definition) is 3. The Kier molecular flexibility index (Phi) is 1.90. The molecule has 0 saturated carbocycles.